The van der Waals surface area contributed by atoms with Gasteiger partial charge in [-0.3, -0.25) is 4.79 Å². The van der Waals surface area contributed by atoms with Crippen molar-refractivity contribution in [2.24, 2.45) is 0 Å². The third-order valence-corrected chi connectivity index (χ3v) is 7.87. The Bertz CT molecular complexity index is 1050. The van der Waals surface area contributed by atoms with Crippen molar-refractivity contribution in [2.75, 3.05) is 38.5 Å². The predicted octanol–water partition coefficient (Wildman–Crippen LogP) is 3.16. The molecule has 1 saturated heterocycles. The van der Waals surface area contributed by atoms with E-state index >= 15 is 0 Å². The number of benzene rings is 1. The quantitative estimate of drug-likeness (QED) is 0.629. The molecular weight excluding hydrogens is 465 g/mol. The zero-order valence-corrected chi connectivity index (χ0v) is 19.1. The molecule has 1 aromatic carbocycles. The SMILES string of the molecule is C[C@H](Sc1ccc(S(=O)(=O)N2CCN(C)CC2)cn1)C(=O)Nc1cccc(C(F)(F)F)c1. The lowest BCUT2D eigenvalue weighted by molar-refractivity contribution is -0.137. The molecule has 1 aliphatic rings. The topological polar surface area (TPSA) is 82.6 Å². The fraction of sp³-hybridized carbons (Fsp3) is 0.400. The summed E-state index contributed by atoms with van der Waals surface area (Å²) in [4.78, 5) is 18.7. The van der Waals surface area contributed by atoms with Gasteiger partial charge < -0.3 is 10.2 Å². The zero-order chi connectivity index (χ0) is 23.5. The summed E-state index contributed by atoms with van der Waals surface area (Å²) in [5.41, 5.74) is -0.812. The molecule has 1 N–H and O–H groups in total. The summed E-state index contributed by atoms with van der Waals surface area (Å²) in [6.45, 7) is 3.70. The van der Waals surface area contributed by atoms with Crippen molar-refractivity contribution in [1.29, 1.82) is 0 Å². The maximum Gasteiger partial charge on any atom is 0.416 e. The van der Waals surface area contributed by atoms with E-state index in [4.69, 9.17) is 0 Å². The Morgan fingerprint density at radius 3 is 2.44 bits per heavy atom. The fourth-order valence-electron chi connectivity index (χ4n) is 3.02. The standard InChI is InChI=1S/C20H23F3N4O3S2/c1-14(19(28)25-16-5-3-4-15(12-16)20(21,22)23)31-18-7-6-17(13-24-18)32(29,30)27-10-8-26(2)9-11-27/h3-7,12-14H,8-11H2,1-2H3,(H,25,28)/t14-/m0/s1. The van der Waals surface area contributed by atoms with Gasteiger partial charge in [0.2, 0.25) is 15.9 Å². The summed E-state index contributed by atoms with van der Waals surface area (Å²) in [7, 11) is -1.71. The van der Waals surface area contributed by atoms with Gasteiger partial charge in [0.15, 0.2) is 0 Å². The van der Waals surface area contributed by atoms with Crippen LogP contribution >= 0.6 is 11.8 Å². The van der Waals surface area contributed by atoms with E-state index in [-0.39, 0.29) is 10.6 Å². The van der Waals surface area contributed by atoms with Crippen LogP contribution in [0.3, 0.4) is 0 Å². The van der Waals surface area contributed by atoms with Crippen LogP contribution in [0.25, 0.3) is 0 Å². The summed E-state index contributed by atoms with van der Waals surface area (Å²) in [5, 5.41) is 2.22. The Morgan fingerprint density at radius 1 is 1.16 bits per heavy atom. The molecule has 0 unspecified atom stereocenters. The van der Waals surface area contributed by atoms with Crippen LogP contribution in [0.4, 0.5) is 18.9 Å². The molecule has 1 aromatic heterocycles. The Kier molecular flexibility index (Phi) is 7.48. The third-order valence-electron chi connectivity index (χ3n) is 4.93. The molecule has 1 atom stereocenters. The number of rotatable bonds is 6. The molecule has 2 aromatic rings. The maximum atomic E-state index is 12.8. The number of carbonyl (C=O) groups is 1. The molecule has 0 spiro atoms. The Morgan fingerprint density at radius 2 is 1.84 bits per heavy atom. The van der Waals surface area contributed by atoms with E-state index in [0.29, 0.717) is 31.2 Å². The van der Waals surface area contributed by atoms with Gasteiger partial charge in [-0.2, -0.15) is 17.5 Å². The van der Waals surface area contributed by atoms with Crippen molar-refractivity contribution in [1.82, 2.24) is 14.2 Å². The number of piperazine rings is 1. The van der Waals surface area contributed by atoms with Crippen molar-refractivity contribution in [2.45, 2.75) is 28.3 Å². The van der Waals surface area contributed by atoms with Gasteiger partial charge in [-0.05, 0) is 44.3 Å². The van der Waals surface area contributed by atoms with E-state index in [1.54, 1.807) is 6.92 Å². The second kappa shape index (κ2) is 9.77. The van der Waals surface area contributed by atoms with E-state index in [0.717, 1.165) is 23.9 Å². The smallest absolute Gasteiger partial charge is 0.325 e. The van der Waals surface area contributed by atoms with Gasteiger partial charge in [0.05, 0.1) is 15.8 Å². The number of likely N-dealkylation sites (N-methyl/N-ethyl adjacent to an activating group) is 1. The van der Waals surface area contributed by atoms with Crippen molar-refractivity contribution in [3.05, 3.63) is 48.2 Å². The lowest BCUT2D eigenvalue weighted by atomic mass is 10.2. The Labute approximate surface area is 189 Å². The van der Waals surface area contributed by atoms with E-state index in [1.165, 1.54) is 34.8 Å². The number of halogens is 3. The molecule has 1 fully saturated rings. The first-order valence-corrected chi connectivity index (χ1v) is 12.1. The molecule has 32 heavy (non-hydrogen) atoms. The molecule has 7 nitrogen and oxygen atoms in total. The number of thioether (sulfide) groups is 1. The van der Waals surface area contributed by atoms with E-state index in [1.807, 2.05) is 7.05 Å². The van der Waals surface area contributed by atoms with Gasteiger partial charge >= 0.3 is 6.18 Å². The number of carbonyl (C=O) groups excluding carboxylic acids is 1. The molecule has 0 bridgehead atoms. The Balaban J connectivity index is 1.62. The van der Waals surface area contributed by atoms with Gasteiger partial charge in [0.25, 0.3) is 0 Å². The molecule has 0 aliphatic carbocycles. The second-order valence-corrected chi connectivity index (χ2v) is 10.7. The zero-order valence-electron chi connectivity index (χ0n) is 17.5. The number of nitrogens with one attached hydrogen (secondary N) is 1. The van der Waals surface area contributed by atoms with Crippen molar-refractivity contribution >= 4 is 33.4 Å². The van der Waals surface area contributed by atoms with Gasteiger partial charge in [-0.15, -0.1) is 0 Å². The van der Waals surface area contributed by atoms with Crippen molar-refractivity contribution in [3.63, 3.8) is 0 Å². The first kappa shape index (κ1) is 24.5. The number of anilines is 1. The van der Waals surface area contributed by atoms with Crippen LogP contribution in [0, 0.1) is 0 Å². The highest BCUT2D eigenvalue weighted by Crippen LogP contribution is 2.31. The second-order valence-electron chi connectivity index (χ2n) is 7.37. The lowest BCUT2D eigenvalue weighted by Gasteiger charge is -2.31. The number of sulfonamides is 1. The number of hydrogen-bond donors (Lipinski definition) is 1. The van der Waals surface area contributed by atoms with Crippen LogP contribution in [-0.2, 0) is 21.0 Å². The first-order valence-electron chi connectivity index (χ1n) is 9.76. The first-order chi connectivity index (χ1) is 15.0. The minimum atomic E-state index is -4.50. The summed E-state index contributed by atoms with van der Waals surface area (Å²) >= 11 is 1.08. The Hall–Kier alpha value is -2.15. The molecule has 2 heterocycles. The molecule has 12 heteroatoms. The molecule has 1 amide bonds. The highest BCUT2D eigenvalue weighted by Gasteiger charge is 2.31. The minimum Gasteiger partial charge on any atom is -0.325 e. The molecule has 174 valence electrons. The normalized spacial score (nSPS) is 17.2. The predicted molar refractivity (Wildman–Crippen MR) is 116 cm³/mol. The highest BCUT2D eigenvalue weighted by molar-refractivity contribution is 8.00. The molecule has 0 radical (unpaired) electrons. The van der Waals surface area contributed by atoms with Crippen LogP contribution in [0.5, 0.6) is 0 Å². The average Bonchev–Trinajstić information content (AvgIpc) is 2.74. The van der Waals surface area contributed by atoms with E-state index in [9.17, 15) is 26.4 Å². The average molecular weight is 489 g/mol. The maximum absolute atomic E-state index is 12.8. The van der Waals surface area contributed by atoms with Crippen LogP contribution in [0.2, 0.25) is 0 Å². The minimum absolute atomic E-state index is 0.0406. The summed E-state index contributed by atoms with van der Waals surface area (Å²) < 4.78 is 65.4. The molecule has 0 saturated carbocycles. The van der Waals surface area contributed by atoms with E-state index in [2.05, 4.69) is 15.2 Å². The highest BCUT2D eigenvalue weighted by atomic mass is 32.2. The summed E-state index contributed by atoms with van der Waals surface area (Å²) in [6.07, 6.45) is -3.25. The van der Waals surface area contributed by atoms with Crippen molar-refractivity contribution < 1.29 is 26.4 Å². The lowest BCUT2D eigenvalue weighted by Crippen LogP contribution is -2.47. The van der Waals surface area contributed by atoms with Gasteiger partial charge in [0, 0.05) is 38.1 Å². The van der Waals surface area contributed by atoms with E-state index < -0.39 is 32.9 Å². The van der Waals surface area contributed by atoms with Gasteiger partial charge in [-0.25, -0.2) is 13.4 Å². The van der Waals surface area contributed by atoms with Crippen LogP contribution in [-0.4, -0.2) is 67.0 Å². The van der Waals surface area contributed by atoms with Crippen molar-refractivity contribution in [3.8, 4) is 0 Å². The number of alkyl halides is 3. The van der Waals surface area contributed by atoms with Crippen LogP contribution < -0.4 is 5.32 Å². The van der Waals surface area contributed by atoms with Gasteiger partial charge in [-0.1, -0.05) is 17.8 Å². The summed E-state index contributed by atoms with van der Waals surface area (Å²) in [5.74, 6) is -0.495. The molecule has 1 aliphatic heterocycles. The number of pyridine rings is 1. The number of amides is 1. The fourth-order valence-corrected chi connectivity index (χ4v) is 5.17. The summed E-state index contributed by atoms with van der Waals surface area (Å²) in [6, 6.07) is 7.35. The number of aromatic nitrogens is 1. The molecular formula is C20H23F3N4O3S2. The molecule has 3 rings (SSSR count). The van der Waals surface area contributed by atoms with Crippen LogP contribution in [0.15, 0.2) is 52.5 Å². The monoisotopic (exact) mass is 488 g/mol. The van der Waals surface area contributed by atoms with Crippen LogP contribution in [0.1, 0.15) is 12.5 Å². The van der Waals surface area contributed by atoms with Gasteiger partial charge in [0.1, 0.15) is 4.90 Å². The largest absolute Gasteiger partial charge is 0.416 e. The number of nitrogens with zero attached hydrogens (tertiary/aromatic N) is 3. The number of hydrogen-bond acceptors (Lipinski definition) is 6. The third kappa shape index (κ3) is 6.00.